The first kappa shape index (κ1) is 21.7. The molecule has 0 aliphatic carbocycles. The molecule has 10 heteroatoms. The highest BCUT2D eigenvalue weighted by Crippen LogP contribution is 2.35. The average Bonchev–Trinajstić information content (AvgIpc) is 3.17. The Balaban J connectivity index is 1.98. The molecule has 0 bridgehead atoms. The van der Waals surface area contributed by atoms with Crippen LogP contribution in [0.3, 0.4) is 0 Å². The number of anilines is 1. The van der Waals surface area contributed by atoms with Crippen LogP contribution in [-0.4, -0.2) is 38.7 Å². The molecule has 0 saturated heterocycles. The fourth-order valence-corrected chi connectivity index (χ4v) is 2.80. The predicted octanol–water partition coefficient (Wildman–Crippen LogP) is 3.55. The molecule has 0 fully saturated rings. The molecule has 0 saturated carbocycles. The minimum atomic E-state index is -4.56. The summed E-state index contributed by atoms with van der Waals surface area (Å²) < 4.78 is 49.0. The second kappa shape index (κ2) is 10.1. The standard InChI is InChI=1S/C18H19F3N2O4S/c1-26-7-8-27-15-3-2-13(18(19,20)21)10-14(15)23-16(24)4-6-22-17(25)12-5-9-28-11-12/h2-3,5,9-11H,4,6-8H2,1H3,(H,22,25)(H,23,24). The summed E-state index contributed by atoms with van der Waals surface area (Å²) in [6.45, 7) is 0.393. The van der Waals surface area contributed by atoms with E-state index in [1.165, 1.54) is 18.4 Å². The number of methoxy groups -OCH3 is 1. The topological polar surface area (TPSA) is 76.7 Å². The monoisotopic (exact) mass is 416 g/mol. The molecule has 2 aromatic rings. The first-order valence-corrected chi connectivity index (χ1v) is 9.18. The van der Waals surface area contributed by atoms with Gasteiger partial charge in [0.15, 0.2) is 0 Å². The number of nitrogens with one attached hydrogen (secondary N) is 2. The van der Waals surface area contributed by atoms with Crippen molar-refractivity contribution in [1.29, 1.82) is 0 Å². The number of benzene rings is 1. The van der Waals surface area contributed by atoms with Crippen LogP contribution >= 0.6 is 11.3 Å². The van der Waals surface area contributed by atoms with Crippen molar-refractivity contribution in [2.45, 2.75) is 12.6 Å². The van der Waals surface area contributed by atoms with Gasteiger partial charge in [-0.3, -0.25) is 9.59 Å². The van der Waals surface area contributed by atoms with Gasteiger partial charge in [-0.25, -0.2) is 0 Å². The van der Waals surface area contributed by atoms with Gasteiger partial charge >= 0.3 is 6.18 Å². The van der Waals surface area contributed by atoms with E-state index >= 15 is 0 Å². The van der Waals surface area contributed by atoms with Crippen LogP contribution in [0.2, 0.25) is 0 Å². The van der Waals surface area contributed by atoms with Crippen molar-refractivity contribution < 1.29 is 32.2 Å². The average molecular weight is 416 g/mol. The first-order chi connectivity index (χ1) is 13.3. The molecule has 1 heterocycles. The number of thiophene rings is 1. The SMILES string of the molecule is COCCOc1ccc(C(F)(F)F)cc1NC(=O)CCNC(=O)c1ccsc1. The summed E-state index contributed by atoms with van der Waals surface area (Å²) in [5.41, 5.74) is -0.523. The summed E-state index contributed by atoms with van der Waals surface area (Å²) >= 11 is 1.37. The van der Waals surface area contributed by atoms with Gasteiger partial charge in [-0.1, -0.05) is 0 Å². The second-order valence-electron chi connectivity index (χ2n) is 5.62. The molecule has 0 spiro atoms. The number of hydrogen-bond acceptors (Lipinski definition) is 5. The van der Waals surface area contributed by atoms with Crippen LogP contribution in [-0.2, 0) is 15.7 Å². The van der Waals surface area contributed by atoms with Crippen molar-refractivity contribution in [3.63, 3.8) is 0 Å². The molecule has 152 valence electrons. The summed E-state index contributed by atoms with van der Waals surface area (Å²) in [5, 5.41) is 8.40. The van der Waals surface area contributed by atoms with Crippen molar-refractivity contribution in [1.82, 2.24) is 5.32 Å². The van der Waals surface area contributed by atoms with Crippen molar-refractivity contribution in [3.05, 3.63) is 46.2 Å². The van der Waals surface area contributed by atoms with Crippen molar-refractivity contribution in [3.8, 4) is 5.75 Å². The maximum absolute atomic E-state index is 12.9. The molecule has 0 unspecified atom stereocenters. The Bertz CT molecular complexity index is 795. The Hall–Kier alpha value is -2.59. The molecule has 0 radical (unpaired) electrons. The number of ether oxygens (including phenoxy) is 2. The van der Waals surface area contributed by atoms with Crippen LogP contribution in [0.5, 0.6) is 5.75 Å². The predicted molar refractivity (Wildman–Crippen MR) is 98.7 cm³/mol. The lowest BCUT2D eigenvalue weighted by molar-refractivity contribution is -0.137. The van der Waals surface area contributed by atoms with E-state index in [9.17, 15) is 22.8 Å². The number of amides is 2. The zero-order valence-electron chi connectivity index (χ0n) is 15.0. The zero-order valence-corrected chi connectivity index (χ0v) is 15.8. The number of alkyl halides is 3. The van der Waals surface area contributed by atoms with Gasteiger partial charge in [-0.15, -0.1) is 0 Å². The molecule has 28 heavy (non-hydrogen) atoms. The van der Waals surface area contributed by atoms with Crippen molar-refractivity contribution in [2.24, 2.45) is 0 Å². The van der Waals surface area contributed by atoms with Gasteiger partial charge in [0.1, 0.15) is 12.4 Å². The lowest BCUT2D eigenvalue weighted by Gasteiger charge is -2.15. The maximum atomic E-state index is 12.9. The van der Waals surface area contributed by atoms with E-state index in [1.807, 2.05) is 0 Å². The van der Waals surface area contributed by atoms with Gasteiger partial charge in [-0.2, -0.15) is 24.5 Å². The highest BCUT2D eigenvalue weighted by atomic mass is 32.1. The second-order valence-corrected chi connectivity index (χ2v) is 6.40. The van der Waals surface area contributed by atoms with Gasteiger partial charge in [0, 0.05) is 31.0 Å². The minimum absolute atomic E-state index is 0.0410. The van der Waals surface area contributed by atoms with Gasteiger partial charge < -0.3 is 20.1 Å². The molecule has 2 rings (SSSR count). The van der Waals surface area contributed by atoms with E-state index in [0.717, 1.165) is 18.2 Å². The summed E-state index contributed by atoms with van der Waals surface area (Å²) in [5.74, 6) is -0.779. The van der Waals surface area contributed by atoms with E-state index in [0.29, 0.717) is 5.56 Å². The van der Waals surface area contributed by atoms with Gasteiger partial charge in [0.05, 0.1) is 17.9 Å². The molecule has 0 aliphatic heterocycles. The van der Waals surface area contributed by atoms with Crippen LogP contribution in [0, 0.1) is 0 Å². The summed E-state index contributed by atoms with van der Waals surface area (Å²) in [4.78, 5) is 23.9. The molecule has 2 amide bonds. The molecule has 1 aromatic carbocycles. The zero-order chi connectivity index (χ0) is 20.6. The van der Waals surface area contributed by atoms with Crippen LogP contribution in [0.1, 0.15) is 22.3 Å². The summed E-state index contributed by atoms with van der Waals surface area (Å²) in [7, 11) is 1.46. The lowest BCUT2D eigenvalue weighted by atomic mass is 10.1. The third-order valence-corrected chi connectivity index (χ3v) is 4.23. The highest BCUT2D eigenvalue weighted by Gasteiger charge is 2.31. The van der Waals surface area contributed by atoms with Crippen LogP contribution in [0.4, 0.5) is 18.9 Å². The Kier molecular flexibility index (Phi) is 7.82. The number of carbonyl (C=O) groups is 2. The number of hydrogen-bond donors (Lipinski definition) is 2. The third-order valence-electron chi connectivity index (χ3n) is 3.55. The minimum Gasteiger partial charge on any atom is -0.489 e. The van der Waals surface area contributed by atoms with Gasteiger partial charge in [0.25, 0.3) is 5.91 Å². The van der Waals surface area contributed by atoms with Gasteiger partial charge in [-0.05, 0) is 29.6 Å². The molecule has 1 aromatic heterocycles. The maximum Gasteiger partial charge on any atom is 0.416 e. The summed E-state index contributed by atoms with van der Waals surface area (Å²) in [6, 6.07) is 4.47. The van der Waals surface area contributed by atoms with E-state index in [2.05, 4.69) is 10.6 Å². The van der Waals surface area contributed by atoms with Crippen molar-refractivity contribution >= 4 is 28.8 Å². The molecule has 6 nitrogen and oxygen atoms in total. The van der Waals surface area contributed by atoms with E-state index in [4.69, 9.17) is 9.47 Å². The highest BCUT2D eigenvalue weighted by molar-refractivity contribution is 7.08. The van der Waals surface area contributed by atoms with E-state index in [-0.39, 0.29) is 43.5 Å². The number of carbonyl (C=O) groups excluding carboxylic acids is 2. The van der Waals surface area contributed by atoms with E-state index in [1.54, 1.807) is 16.8 Å². The first-order valence-electron chi connectivity index (χ1n) is 8.24. The van der Waals surface area contributed by atoms with E-state index < -0.39 is 17.6 Å². The molecular formula is C18H19F3N2O4S. The normalized spacial score (nSPS) is 11.1. The quantitative estimate of drug-likeness (QED) is 0.613. The Labute approximate surface area is 163 Å². The molecule has 0 aliphatic rings. The fraction of sp³-hybridized carbons (Fsp3) is 0.333. The fourth-order valence-electron chi connectivity index (χ4n) is 2.16. The summed E-state index contributed by atoms with van der Waals surface area (Å²) in [6.07, 6.45) is -4.66. The van der Waals surface area contributed by atoms with Crippen LogP contribution < -0.4 is 15.4 Å². The Morgan fingerprint density at radius 1 is 1.18 bits per heavy atom. The van der Waals surface area contributed by atoms with Crippen LogP contribution in [0.25, 0.3) is 0 Å². The molecule has 0 atom stereocenters. The number of rotatable bonds is 9. The van der Waals surface area contributed by atoms with Gasteiger partial charge in [0.2, 0.25) is 5.91 Å². The largest absolute Gasteiger partial charge is 0.489 e. The Morgan fingerprint density at radius 3 is 2.61 bits per heavy atom. The molecule has 2 N–H and O–H groups in total. The lowest BCUT2D eigenvalue weighted by Crippen LogP contribution is -2.27. The third kappa shape index (κ3) is 6.54. The number of halogens is 3. The van der Waals surface area contributed by atoms with Crippen molar-refractivity contribution in [2.75, 3.05) is 32.2 Å². The smallest absolute Gasteiger partial charge is 0.416 e. The molecular weight excluding hydrogens is 397 g/mol. The Morgan fingerprint density at radius 2 is 1.96 bits per heavy atom. The van der Waals surface area contributed by atoms with Crippen LogP contribution in [0.15, 0.2) is 35.0 Å².